The summed E-state index contributed by atoms with van der Waals surface area (Å²) in [5, 5.41) is 13.6. The number of benzene rings is 1. The molecule has 1 atom stereocenters. The van der Waals surface area contributed by atoms with Crippen LogP contribution in [0.25, 0.3) is 11.3 Å². The summed E-state index contributed by atoms with van der Waals surface area (Å²) in [5.74, 6) is 0.481. The molecule has 0 saturated carbocycles. The molecule has 6 heteroatoms. The van der Waals surface area contributed by atoms with Crippen molar-refractivity contribution in [2.45, 2.75) is 25.2 Å². The number of nitrogens with zero attached hydrogens (tertiary/aromatic N) is 2. The first-order valence-electron chi connectivity index (χ1n) is 8.05. The molecule has 2 heterocycles. The molecule has 25 heavy (non-hydrogen) atoms. The average Bonchev–Trinajstić information content (AvgIpc) is 3.11. The number of rotatable bonds is 2. The smallest absolute Gasteiger partial charge is 0.205 e. The highest BCUT2D eigenvalue weighted by Crippen LogP contribution is 2.43. The van der Waals surface area contributed by atoms with Crippen LogP contribution in [0.1, 0.15) is 30.9 Å². The zero-order chi connectivity index (χ0) is 17.4. The Kier molecular flexibility index (Phi) is 3.62. The molecule has 2 aliphatic rings. The van der Waals surface area contributed by atoms with Gasteiger partial charge in [-0.05, 0) is 6.42 Å². The largest absolute Gasteiger partial charge is 0.444 e. The molecule has 0 radical (unpaired) electrons. The van der Waals surface area contributed by atoms with Crippen LogP contribution < -0.4 is 5.73 Å². The third-order valence-corrected chi connectivity index (χ3v) is 4.49. The lowest BCUT2D eigenvalue weighted by Crippen LogP contribution is -2.27. The Morgan fingerprint density at radius 2 is 2.04 bits per heavy atom. The Labute approximate surface area is 144 Å². The average molecular weight is 333 g/mol. The second-order valence-electron chi connectivity index (χ2n) is 6.02. The molecule has 0 saturated heterocycles. The molecule has 2 N–H and O–H groups in total. The first kappa shape index (κ1) is 15.2. The Morgan fingerprint density at radius 1 is 1.24 bits per heavy atom. The minimum absolute atomic E-state index is 0.0317. The third kappa shape index (κ3) is 2.50. The molecule has 0 amide bonds. The van der Waals surface area contributed by atoms with Crippen LogP contribution in [0.4, 0.5) is 0 Å². The van der Waals surface area contributed by atoms with Gasteiger partial charge in [-0.15, -0.1) is 0 Å². The maximum Gasteiger partial charge on any atom is 0.205 e. The SMILES string of the molecule is N#CC1=C(N)OC2=C(C(=O)CCC2)C1c1cc(-c2ccccc2)on1. The van der Waals surface area contributed by atoms with Crippen molar-refractivity contribution >= 4 is 5.78 Å². The van der Waals surface area contributed by atoms with Gasteiger partial charge in [-0.2, -0.15) is 5.26 Å². The highest BCUT2D eigenvalue weighted by Gasteiger charge is 2.39. The van der Waals surface area contributed by atoms with Gasteiger partial charge in [0.25, 0.3) is 0 Å². The lowest BCUT2D eigenvalue weighted by molar-refractivity contribution is -0.116. The standard InChI is InChI=1S/C19H15N3O3/c20-10-12-17(18-14(23)7-4-8-15(18)24-19(12)21)13-9-16(25-22-13)11-5-2-1-3-6-11/h1-3,5-6,9,17H,4,7-8,21H2. The quantitative estimate of drug-likeness (QED) is 0.905. The van der Waals surface area contributed by atoms with E-state index in [1.165, 1.54) is 0 Å². The molecule has 1 aromatic heterocycles. The second kappa shape index (κ2) is 5.95. The van der Waals surface area contributed by atoms with Crippen molar-refractivity contribution in [3.8, 4) is 17.4 Å². The fourth-order valence-electron chi connectivity index (χ4n) is 3.32. The van der Waals surface area contributed by atoms with Gasteiger partial charge in [-0.25, -0.2) is 0 Å². The number of hydrogen-bond acceptors (Lipinski definition) is 6. The summed E-state index contributed by atoms with van der Waals surface area (Å²) in [6.07, 6.45) is 1.77. The third-order valence-electron chi connectivity index (χ3n) is 4.49. The van der Waals surface area contributed by atoms with Crippen LogP contribution in [0.2, 0.25) is 0 Å². The van der Waals surface area contributed by atoms with Gasteiger partial charge in [-0.1, -0.05) is 35.5 Å². The number of nitrogens with two attached hydrogens (primary N) is 1. The summed E-state index contributed by atoms with van der Waals surface area (Å²) in [4.78, 5) is 12.5. The number of carbonyl (C=O) groups is 1. The monoisotopic (exact) mass is 333 g/mol. The number of aromatic nitrogens is 1. The van der Waals surface area contributed by atoms with Crippen molar-refractivity contribution in [2.24, 2.45) is 5.73 Å². The fourth-order valence-corrected chi connectivity index (χ4v) is 3.32. The number of hydrogen-bond donors (Lipinski definition) is 1. The molecule has 6 nitrogen and oxygen atoms in total. The summed E-state index contributed by atoms with van der Waals surface area (Å²) >= 11 is 0. The van der Waals surface area contributed by atoms with Gasteiger partial charge in [-0.3, -0.25) is 4.79 Å². The van der Waals surface area contributed by atoms with Crippen LogP contribution in [0, 0.1) is 11.3 Å². The summed E-state index contributed by atoms with van der Waals surface area (Å²) in [7, 11) is 0. The van der Waals surface area contributed by atoms with Crippen LogP contribution in [-0.2, 0) is 9.53 Å². The minimum Gasteiger partial charge on any atom is -0.444 e. The van der Waals surface area contributed by atoms with Gasteiger partial charge in [0.1, 0.15) is 17.4 Å². The number of Topliss-reactive ketones (excluding diaryl/α,β-unsaturated/α-hetero) is 1. The Balaban J connectivity index is 1.82. The van der Waals surface area contributed by atoms with E-state index in [0.717, 1.165) is 5.56 Å². The number of allylic oxidation sites excluding steroid dienone is 3. The molecule has 0 spiro atoms. The maximum atomic E-state index is 12.5. The van der Waals surface area contributed by atoms with Crippen LogP contribution in [0.15, 0.2) is 63.7 Å². The first-order valence-corrected chi connectivity index (χ1v) is 8.05. The van der Waals surface area contributed by atoms with E-state index >= 15 is 0 Å². The summed E-state index contributed by atoms with van der Waals surface area (Å²) < 4.78 is 11.0. The molecule has 1 aromatic carbocycles. The van der Waals surface area contributed by atoms with E-state index in [-0.39, 0.29) is 17.2 Å². The highest BCUT2D eigenvalue weighted by atomic mass is 16.5. The molecule has 124 valence electrons. The van der Waals surface area contributed by atoms with Crippen LogP contribution in [-0.4, -0.2) is 10.9 Å². The van der Waals surface area contributed by atoms with E-state index in [9.17, 15) is 10.1 Å². The van der Waals surface area contributed by atoms with Crippen LogP contribution >= 0.6 is 0 Å². The normalized spacial score (nSPS) is 20.1. The topological polar surface area (TPSA) is 102 Å². The lowest BCUT2D eigenvalue weighted by Gasteiger charge is -2.29. The summed E-state index contributed by atoms with van der Waals surface area (Å²) in [5.41, 5.74) is 7.95. The summed E-state index contributed by atoms with van der Waals surface area (Å²) in [6, 6.07) is 13.3. The number of ether oxygens (including phenoxy) is 1. The summed E-state index contributed by atoms with van der Waals surface area (Å²) in [6.45, 7) is 0. The van der Waals surface area contributed by atoms with E-state index in [2.05, 4.69) is 11.2 Å². The zero-order valence-electron chi connectivity index (χ0n) is 13.4. The van der Waals surface area contributed by atoms with Crippen molar-refractivity contribution in [3.63, 3.8) is 0 Å². The Hall–Kier alpha value is -3.33. The fraction of sp³-hybridized carbons (Fsp3) is 0.211. The van der Waals surface area contributed by atoms with Crippen molar-refractivity contribution < 1.29 is 14.1 Å². The van der Waals surface area contributed by atoms with E-state index in [0.29, 0.717) is 42.0 Å². The number of nitriles is 1. The number of carbonyl (C=O) groups excluding carboxylic acids is 1. The van der Waals surface area contributed by atoms with Gasteiger partial charge in [0.15, 0.2) is 11.5 Å². The molecule has 4 rings (SSSR count). The number of ketones is 1. The van der Waals surface area contributed by atoms with E-state index in [4.69, 9.17) is 15.0 Å². The second-order valence-corrected chi connectivity index (χ2v) is 6.02. The maximum absolute atomic E-state index is 12.5. The van der Waals surface area contributed by atoms with Crippen LogP contribution in [0.5, 0.6) is 0 Å². The van der Waals surface area contributed by atoms with E-state index < -0.39 is 5.92 Å². The predicted molar refractivity (Wildman–Crippen MR) is 88.5 cm³/mol. The van der Waals surface area contributed by atoms with Crippen molar-refractivity contribution in [2.75, 3.05) is 0 Å². The lowest BCUT2D eigenvalue weighted by atomic mass is 9.79. The van der Waals surface area contributed by atoms with Gasteiger partial charge < -0.3 is 15.0 Å². The van der Waals surface area contributed by atoms with Gasteiger partial charge >= 0.3 is 0 Å². The first-order chi connectivity index (χ1) is 12.2. The van der Waals surface area contributed by atoms with Gasteiger partial charge in [0.05, 0.1) is 11.6 Å². The molecular weight excluding hydrogens is 318 g/mol. The van der Waals surface area contributed by atoms with E-state index in [1.54, 1.807) is 6.07 Å². The molecule has 1 aliphatic heterocycles. The molecule has 0 fully saturated rings. The van der Waals surface area contributed by atoms with Crippen molar-refractivity contribution in [1.29, 1.82) is 5.26 Å². The molecule has 1 unspecified atom stereocenters. The molecule has 1 aliphatic carbocycles. The molecular formula is C19H15N3O3. The minimum atomic E-state index is -0.636. The van der Waals surface area contributed by atoms with Crippen molar-refractivity contribution in [1.82, 2.24) is 5.16 Å². The molecule has 0 bridgehead atoms. The molecule has 2 aromatic rings. The van der Waals surface area contributed by atoms with Crippen molar-refractivity contribution in [3.05, 3.63) is 64.9 Å². The predicted octanol–water partition coefficient (Wildman–Crippen LogP) is 3.16. The Morgan fingerprint density at radius 3 is 2.80 bits per heavy atom. The van der Waals surface area contributed by atoms with Crippen LogP contribution in [0.3, 0.4) is 0 Å². The zero-order valence-corrected chi connectivity index (χ0v) is 13.4. The Bertz CT molecular complexity index is 948. The van der Waals surface area contributed by atoms with Gasteiger partial charge in [0, 0.05) is 30.0 Å². The van der Waals surface area contributed by atoms with Gasteiger partial charge in [0.2, 0.25) is 5.88 Å². The van der Waals surface area contributed by atoms with E-state index in [1.807, 2.05) is 30.3 Å². The highest BCUT2D eigenvalue weighted by molar-refractivity contribution is 5.99.